The van der Waals surface area contributed by atoms with Crippen LogP contribution in [0.4, 0.5) is 4.39 Å². The van der Waals surface area contributed by atoms with Gasteiger partial charge in [0.15, 0.2) is 17.5 Å². The van der Waals surface area contributed by atoms with E-state index in [-0.39, 0.29) is 5.56 Å². The van der Waals surface area contributed by atoms with Gasteiger partial charge in [0.2, 0.25) is 0 Å². The van der Waals surface area contributed by atoms with Crippen LogP contribution < -0.4 is 0 Å². The number of halogens is 1. The molecule has 5 heteroatoms. The van der Waals surface area contributed by atoms with E-state index in [1.807, 2.05) is 0 Å². The zero-order valence-electron chi connectivity index (χ0n) is 9.67. The Morgan fingerprint density at radius 2 is 1.84 bits per heavy atom. The molecule has 94 valence electrons. The molecule has 0 saturated heterocycles. The van der Waals surface area contributed by atoms with E-state index >= 15 is 0 Å². The molecule has 1 aromatic heterocycles. The highest BCUT2D eigenvalue weighted by atomic mass is 32.1. The molecule has 0 aliphatic carbocycles. The van der Waals surface area contributed by atoms with Crippen LogP contribution in [0.3, 0.4) is 0 Å². The normalized spacial score (nSPS) is 11.6. The minimum atomic E-state index is -1.39. The Labute approximate surface area is 112 Å². The maximum absolute atomic E-state index is 12.8. The molecule has 1 aromatic carbocycles. The third-order valence-corrected chi connectivity index (χ3v) is 3.43. The zero-order chi connectivity index (χ0) is 13.8. The topological polar surface area (TPSA) is 57.9 Å². The molecule has 0 spiro atoms. The van der Waals surface area contributed by atoms with Gasteiger partial charge in [-0.1, -0.05) is 6.07 Å². The lowest BCUT2D eigenvalue weighted by molar-refractivity contribution is 0.0848. The second-order valence-corrected chi connectivity index (χ2v) is 4.72. The molecule has 0 saturated carbocycles. The van der Waals surface area contributed by atoms with Crippen LogP contribution in [0.25, 0.3) is 0 Å². The second-order valence-electron chi connectivity index (χ2n) is 3.77. The molecule has 0 N–H and O–H groups in total. The molecule has 19 heavy (non-hydrogen) atoms. The number of hydrogen-bond acceptors (Lipinski definition) is 4. The van der Waals surface area contributed by atoms with Gasteiger partial charge in [-0.05, 0) is 35.7 Å². The highest BCUT2D eigenvalue weighted by Crippen LogP contribution is 2.18. The van der Waals surface area contributed by atoms with Gasteiger partial charge in [0.05, 0.1) is 10.9 Å². The minimum Gasteiger partial charge on any atom is -0.292 e. The lowest BCUT2D eigenvalue weighted by atomic mass is 9.94. The zero-order valence-corrected chi connectivity index (χ0v) is 10.5. The van der Waals surface area contributed by atoms with Crippen molar-refractivity contribution >= 4 is 22.9 Å². The third kappa shape index (κ3) is 2.75. The first-order chi connectivity index (χ1) is 9.13. The van der Waals surface area contributed by atoms with Crippen LogP contribution in [-0.2, 0) is 0 Å². The lowest BCUT2D eigenvalue weighted by Gasteiger charge is -2.06. The number of thiophene rings is 1. The van der Waals surface area contributed by atoms with Crippen LogP contribution in [0.2, 0.25) is 0 Å². The van der Waals surface area contributed by atoms with Crippen LogP contribution in [-0.4, -0.2) is 11.6 Å². The van der Waals surface area contributed by atoms with Crippen LogP contribution in [0.5, 0.6) is 0 Å². The van der Waals surface area contributed by atoms with E-state index in [2.05, 4.69) is 0 Å². The molecule has 2 aromatic rings. The number of ketones is 2. The summed E-state index contributed by atoms with van der Waals surface area (Å²) in [6, 6.07) is 9.74. The molecule has 0 unspecified atom stereocenters. The summed E-state index contributed by atoms with van der Waals surface area (Å²) in [5, 5.41) is 10.7. The van der Waals surface area contributed by atoms with E-state index < -0.39 is 23.3 Å². The predicted octanol–water partition coefficient (Wildman–Crippen LogP) is 3.09. The van der Waals surface area contributed by atoms with Gasteiger partial charge in [-0.3, -0.25) is 9.59 Å². The number of nitriles is 1. The highest BCUT2D eigenvalue weighted by molar-refractivity contribution is 7.12. The average Bonchev–Trinajstić information content (AvgIpc) is 2.94. The number of carbonyl (C=O) groups is 2. The first-order valence-corrected chi connectivity index (χ1v) is 6.28. The maximum atomic E-state index is 12.8. The Hall–Kier alpha value is -2.32. The van der Waals surface area contributed by atoms with Crippen LogP contribution >= 0.6 is 11.3 Å². The summed E-state index contributed by atoms with van der Waals surface area (Å²) in [4.78, 5) is 24.4. The summed E-state index contributed by atoms with van der Waals surface area (Å²) in [6.45, 7) is 0. The van der Waals surface area contributed by atoms with Crippen molar-refractivity contribution in [2.45, 2.75) is 0 Å². The minimum absolute atomic E-state index is 0.151. The molecule has 0 bridgehead atoms. The van der Waals surface area contributed by atoms with Crippen molar-refractivity contribution in [2.24, 2.45) is 5.92 Å². The molecule has 0 aliphatic heterocycles. The van der Waals surface area contributed by atoms with Crippen molar-refractivity contribution in [2.75, 3.05) is 0 Å². The summed E-state index contributed by atoms with van der Waals surface area (Å²) in [6.07, 6.45) is 0. The number of carbonyl (C=O) groups excluding carboxylic acids is 2. The van der Waals surface area contributed by atoms with Crippen LogP contribution in [0.1, 0.15) is 20.0 Å². The van der Waals surface area contributed by atoms with Crippen molar-refractivity contribution in [1.82, 2.24) is 0 Å². The number of Topliss-reactive ketones (excluding diaryl/α,β-unsaturated/α-hetero) is 2. The first-order valence-electron chi connectivity index (χ1n) is 5.40. The molecule has 2 rings (SSSR count). The summed E-state index contributed by atoms with van der Waals surface area (Å²) in [5.41, 5.74) is 0.151. The van der Waals surface area contributed by atoms with Gasteiger partial charge >= 0.3 is 0 Å². The van der Waals surface area contributed by atoms with Crippen molar-refractivity contribution in [3.8, 4) is 6.07 Å². The van der Waals surface area contributed by atoms with Crippen LogP contribution in [0, 0.1) is 23.1 Å². The Bertz CT molecular complexity index is 641. The monoisotopic (exact) mass is 273 g/mol. The first kappa shape index (κ1) is 13.1. The van der Waals surface area contributed by atoms with E-state index in [0.717, 1.165) is 12.1 Å². The molecule has 1 heterocycles. The van der Waals surface area contributed by atoms with Gasteiger partial charge in [0.1, 0.15) is 5.82 Å². The van der Waals surface area contributed by atoms with Crippen LogP contribution in [0.15, 0.2) is 41.8 Å². The fourth-order valence-corrected chi connectivity index (χ4v) is 2.27. The van der Waals surface area contributed by atoms with E-state index in [1.165, 1.54) is 23.5 Å². The predicted molar refractivity (Wildman–Crippen MR) is 68.5 cm³/mol. The van der Waals surface area contributed by atoms with Gasteiger partial charge in [-0.15, -0.1) is 11.3 Å². The molecule has 0 radical (unpaired) electrons. The number of nitrogens with zero attached hydrogens (tertiary/aromatic N) is 1. The Morgan fingerprint density at radius 1 is 1.16 bits per heavy atom. The Balaban J connectivity index is 2.28. The molecular weight excluding hydrogens is 265 g/mol. The number of benzene rings is 1. The third-order valence-electron chi connectivity index (χ3n) is 2.55. The van der Waals surface area contributed by atoms with Gasteiger partial charge in [-0.25, -0.2) is 4.39 Å². The van der Waals surface area contributed by atoms with Gasteiger partial charge < -0.3 is 0 Å². The van der Waals surface area contributed by atoms with E-state index in [1.54, 1.807) is 23.6 Å². The number of hydrogen-bond donors (Lipinski definition) is 0. The fraction of sp³-hybridized carbons (Fsp3) is 0.0714. The average molecular weight is 273 g/mol. The van der Waals surface area contributed by atoms with Gasteiger partial charge in [-0.2, -0.15) is 5.26 Å². The van der Waals surface area contributed by atoms with Crippen molar-refractivity contribution < 1.29 is 14.0 Å². The standard InChI is InChI=1S/C14H8FNO2S/c15-10-5-3-9(4-6-10)13(17)11(8-16)14(18)12-2-1-7-19-12/h1-7,11H/t11-/m1/s1. The van der Waals surface area contributed by atoms with Crippen molar-refractivity contribution in [3.05, 3.63) is 58.0 Å². The quantitative estimate of drug-likeness (QED) is 0.635. The van der Waals surface area contributed by atoms with Crippen molar-refractivity contribution in [1.29, 1.82) is 5.26 Å². The molecule has 3 nitrogen and oxygen atoms in total. The Kier molecular flexibility index (Phi) is 3.83. The maximum Gasteiger partial charge on any atom is 0.197 e. The summed E-state index contributed by atoms with van der Waals surface area (Å²) in [5.74, 6) is -2.99. The summed E-state index contributed by atoms with van der Waals surface area (Å²) < 4.78 is 12.8. The molecule has 1 atom stereocenters. The smallest absolute Gasteiger partial charge is 0.197 e. The van der Waals surface area contributed by atoms with E-state index in [4.69, 9.17) is 5.26 Å². The van der Waals surface area contributed by atoms with E-state index in [9.17, 15) is 14.0 Å². The van der Waals surface area contributed by atoms with Gasteiger partial charge in [0, 0.05) is 5.56 Å². The second kappa shape index (κ2) is 5.55. The Morgan fingerprint density at radius 3 is 2.37 bits per heavy atom. The number of rotatable bonds is 4. The highest BCUT2D eigenvalue weighted by Gasteiger charge is 2.28. The SMILES string of the molecule is N#C[C@H](C(=O)c1ccc(F)cc1)C(=O)c1cccs1. The molecule has 0 aliphatic rings. The lowest BCUT2D eigenvalue weighted by Crippen LogP contribution is -2.22. The molecule has 0 amide bonds. The largest absolute Gasteiger partial charge is 0.292 e. The van der Waals surface area contributed by atoms with E-state index in [0.29, 0.717) is 4.88 Å². The summed E-state index contributed by atoms with van der Waals surface area (Å²) >= 11 is 1.18. The van der Waals surface area contributed by atoms with Gasteiger partial charge in [0.25, 0.3) is 0 Å². The summed E-state index contributed by atoms with van der Waals surface area (Å²) in [7, 11) is 0. The molecule has 0 fully saturated rings. The van der Waals surface area contributed by atoms with Crippen molar-refractivity contribution in [3.63, 3.8) is 0 Å². The fourth-order valence-electron chi connectivity index (χ4n) is 1.58. The molecular formula is C14H8FNO2S.